The Labute approximate surface area is 302 Å². The molecule has 11 rings (SSSR count). The fourth-order valence-corrected chi connectivity index (χ4v) is 8.86. The number of pyridine rings is 2. The molecule has 0 amide bonds. The molecule has 2 nitrogen and oxygen atoms in total. The summed E-state index contributed by atoms with van der Waals surface area (Å²) in [6.07, 6.45) is 3.90. The minimum Gasteiger partial charge on any atom is -0.254 e. The summed E-state index contributed by atoms with van der Waals surface area (Å²) in [6.45, 7) is 0. The minimum atomic E-state index is 0.980. The van der Waals surface area contributed by atoms with Crippen LogP contribution in [0.1, 0.15) is 11.1 Å². The second kappa shape index (κ2) is 11.4. The smallest absolute Gasteiger partial charge is 0.0928 e. The van der Waals surface area contributed by atoms with E-state index < -0.39 is 0 Å². The van der Waals surface area contributed by atoms with Gasteiger partial charge in [0.05, 0.1) is 17.1 Å². The molecule has 2 aliphatic carbocycles. The van der Waals surface area contributed by atoms with E-state index in [1.807, 2.05) is 12.3 Å². The molecule has 2 aliphatic rings. The van der Waals surface area contributed by atoms with Gasteiger partial charge < -0.3 is 0 Å². The molecule has 52 heavy (non-hydrogen) atoms. The van der Waals surface area contributed by atoms with E-state index in [9.17, 15) is 0 Å². The molecule has 2 aromatic heterocycles. The van der Waals surface area contributed by atoms with Crippen molar-refractivity contribution in [1.29, 1.82) is 0 Å². The van der Waals surface area contributed by atoms with Crippen LogP contribution in [0.15, 0.2) is 170 Å². The van der Waals surface area contributed by atoms with E-state index in [-0.39, 0.29) is 0 Å². The van der Waals surface area contributed by atoms with Crippen molar-refractivity contribution >= 4 is 21.5 Å². The third-order valence-electron chi connectivity index (χ3n) is 11.2. The van der Waals surface area contributed by atoms with Crippen LogP contribution in [0, 0.1) is 0 Å². The predicted octanol–water partition coefficient (Wildman–Crippen LogP) is 12.9. The average Bonchev–Trinajstić information content (AvgIpc) is 3.55. The summed E-state index contributed by atoms with van der Waals surface area (Å²) in [7, 11) is 0. The second-order valence-corrected chi connectivity index (χ2v) is 14.0. The number of aromatic nitrogens is 2. The zero-order chi connectivity index (χ0) is 34.2. The minimum absolute atomic E-state index is 0.980. The summed E-state index contributed by atoms with van der Waals surface area (Å²) in [5.74, 6) is 0. The van der Waals surface area contributed by atoms with Gasteiger partial charge in [0.2, 0.25) is 0 Å². The lowest BCUT2D eigenvalue weighted by Gasteiger charge is -2.20. The lowest BCUT2D eigenvalue weighted by molar-refractivity contribution is 0.913. The highest BCUT2D eigenvalue weighted by Gasteiger charge is 2.31. The molecule has 242 valence electrons. The highest BCUT2D eigenvalue weighted by atomic mass is 14.8. The Hall–Kier alpha value is -6.64. The van der Waals surface area contributed by atoms with Crippen LogP contribution in [-0.4, -0.2) is 9.97 Å². The zero-order valence-electron chi connectivity index (χ0n) is 28.5. The predicted molar refractivity (Wildman–Crippen MR) is 216 cm³/mol. The van der Waals surface area contributed by atoms with Gasteiger partial charge in [0.1, 0.15) is 0 Å². The normalized spacial score (nSPS) is 12.5. The molecule has 2 heteroatoms. The third-order valence-corrected chi connectivity index (χ3v) is 11.2. The van der Waals surface area contributed by atoms with Gasteiger partial charge in [-0.05, 0) is 113 Å². The summed E-state index contributed by atoms with van der Waals surface area (Å²) < 4.78 is 0. The molecule has 0 aliphatic heterocycles. The summed E-state index contributed by atoms with van der Waals surface area (Å²) in [5.41, 5.74) is 19.5. The largest absolute Gasteiger partial charge is 0.254 e. The first-order valence-corrected chi connectivity index (χ1v) is 18.1. The summed E-state index contributed by atoms with van der Waals surface area (Å²) >= 11 is 0. The zero-order valence-corrected chi connectivity index (χ0v) is 28.5. The van der Waals surface area contributed by atoms with Gasteiger partial charge in [0.15, 0.2) is 0 Å². The van der Waals surface area contributed by atoms with Crippen molar-refractivity contribution in [3.8, 4) is 78.3 Å². The van der Waals surface area contributed by atoms with Gasteiger partial charge in [-0.2, -0.15) is 0 Å². The third kappa shape index (κ3) is 4.31. The van der Waals surface area contributed by atoms with Crippen molar-refractivity contribution in [2.75, 3.05) is 0 Å². The van der Waals surface area contributed by atoms with Gasteiger partial charge in [-0.3, -0.25) is 4.98 Å². The molecular weight excluding hydrogens is 629 g/mol. The topological polar surface area (TPSA) is 25.8 Å². The van der Waals surface area contributed by atoms with E-state index in [1.165, 1.54) is 88.3 Å². The number of fused-ring (bicyclic) bond motifs is 7. The van der Waals surface area contributed by atoms with Gasteiger partial charge >= 0.3 is 0 Å². The van der Waals surface area contributed by atoms with E-state index in [4.69, 9.17) is 9.97 Å². The summed E-state index contributed by atoms with van der Waals surface area (Å²) in [5, 5.41) is 5.16. The van der Waals surface area contributed by atoms with Crippen molar-refractivity contribution < 1.29 is 0 Å². The molecule has 7 aromatic carbocycles. The fourth-order valence-electron chi connectivity index (χ4n) is 8.86. The van der Waals surface area contributed by atoms with Crippen LogP contribution in [0.2, 0.25) is 0 Å². The van der Waals surface area contributed by atoms with Crippen LogP contribution >= 0.6 is 0 Å². The highest BCUT2D eigenvalue weighted by molar-refractivity contribution is 6.28. The second-order valence-electron chi connectivity index (χ2n) is 14.0. The Bertz CT molecular complexity index is 2780. The van der Waals surface area contributed by atoms with Gasteiger partial charge in [-0.15, -0.1) is 0 Å². The number of hydrogen-bond donors (Lipinski definition) is 0. The maximum atomic E-state index is 5.16. The van der Waals surface area contributed by atoms with E-state index in [0.29, 0.717) is 0 Å². The number of aryl methyl sites for hydroxylation is 2. The van der Waals surface area contributed by atoms with Crippen LogP contribution in [0.4, 0.5) is 0 Å². The van der Waals surface area contributed by atoms with E-state index in [2.05, 4.69) is 158 Å². The number of hydrogen-bond acceptors (Lipinski definition) is 2. The monoisotopic (exact) mass is 660 g/mol. The van der Waals surface area contributed by atoms with Crippen molar-refractivity contribution in [3.05, 3.63) is 181 Å². The first-order valence-electron chi connectivity index (χ1n) is 18.1. The molecule has 0 N–H and O–H groups in total. The van der Waals surface area contributed by atoms with Crippen molar-refractivity contribution in [2.45, 2.75) is 12.8 Å². The van der Waals surface area contributed by atoms with Crippen LogP contribution in [-0.2, 0) is 12.8 Å². The number of rotatable bonds is 4. The van der Waals surface area contributed by atoms with Gasteiger partial charge in [0, 0.05) is 11.8 Å². The van der Waals surface area contributed by atoms with Crippen LogP contribution in [0.5, 0.6) is 0 Å². The molecule has 0 bridgehead atoms. The summed E-state index contributed by atoms with van der Waals surface area (Å²) in [4.78, 5) is 9.87. The van der Waals surface area contributed by atoms with Gasteiger partial charge in [0.25, 0.3) is 0 Å². The molecule has 0 atom stereocenters. The van der Waals surface area contributed by atoms with Crippen molar-refractivity contribution in [3.63, 3.8) is 0 Å². The average molecular weight is 661 g/mol. The molecule has 0 unspecified atom stereocenters. The molecule has 0 saturated heterocycles. The quantitative estimate of drug-likeness (QED) is 0.188. The Balaban J connectivity index is 1.10. The molecule has 0 spiro atoms. The Kier molecular flexibility index (Phi) is 6.41. The van der Waals surface area contributed by atoms with Crippen LogP contribution < -0.4 is 0 Å². The maximum Gasteiger partial charge on any atom is 0.0928 e. The van der Waals surface area contributed by atoms with E-state index in [0.717, 1.165) is 35.5 Å². The van der Waals surface area contributed by atoms with Crippen LogP contribution in [0.3, 0.4) is 0 Å². The van der Waals surface area contributed by atoms with E-state index >= 15 is 0 Å². The highest BCUT2D eigenvalue weighted by Crippen LogP contribution is 2.58. The van der Waals surface area contributed by atoms with Gasteiger partial charge in [-0.1, -0.05) is 152 Å². The Morgan fingerprint density at radius 2 is 0.923 bits per heavy atom. The lowest BCUT2D eigenvalue weighted by atomic mass is 9.82. The van der Waals surface area contributed by atoms with Crippen molar-refractivity contribution in [2.24, 2.45) is 0 Å². The maximum absolute atomic E-state index is 5.16. The standard InChI is InChI=1S/C50H32N2/c1-3-11-33(12-4-1)44-39-16-7-8-17-40(39)45(34-13-5-2-6-14-34)48-42-28-27-37(38-18-9-19-41(46(38)42)47(44)48)31-20-22-32(23-21-31)43-29-26-36-25-24-35-15-10-30-51-49(35)50(36)52-43/h1-23,26-30H,24-25H2. The molecule has 0 saturated carbocycles. The molecule has 9 aromatic rings. The molecule has 0 fully saturated rings. The lowest BCUT2D eigenvalue weighted by Crippen LogP contribution is -2.07. The molecule has 0 radical (unpaired) electrons. The van der Waals surface area contributed by atoms with Crippen LogP contribution in [0.25, 0.3) is 99.8 Å². The SMILES string of the molecule is c1ccc(-c2c3c(c(-c4ccccc4)c4ccccc24)-c2ccc(-c4ccc(-c5ccc6c(n5)-c5ncccc5CC6)cc4)c4cccc-3c24)cc1. The van der Waals surface area contributed by atoms with Crippen molar-refractivity contribution in [1.82, 2.24) is 9.97 Å². The molecule has 2 heterocycles. The number of nitrogens with zero attached hydrogens (tertiary/aromatic N) is 2. The Morgan fingerprint density at radius 1 is 0.346 bits per heavy atom. The first-order chi connectivity index (χ1) is 25.8. The van der Waals surface area contributed by atoms with E-state index in [1.54, 1.807) is 0 Å². The summed E-state index contributed by atoms with van der Waals surface area (Å²) in [6, 6.07) is 59.9. The first kappa shape index (κ1) is 29.1. The Morgan fingerprint density at radius 3 is 1.62 bits per heavy atom. The molecular formula is C50H32N2. The number of benzene rings is 7. The van der Waals surface area contributed by atoms with Gasteiger partial charge in [-0.25, -0.2) is 4.98 Å². The fraction of sp³-hybridized carbons (Fsp3) is 0.0400.